The highest BCUT2D eigenvalue weighted by molar-refractivity contribution is 7.92. The van der Waals surface area contributed by atoms with Gasteiger partial charge >= 0.3 is 6.18 Å². The molecule has 0 spiro atoms. The van der Waals surface area contributed by atoms with Gasteiger partial charge in [0.15, 0.2) is 0 Å². The number of rotatable bonds is 6. The summed E-state index contributed by atoms with van der Waals surface area (Å²) in [5.41, 5.74) is -0.751. The van der Waals surface area contributed by atoms with Gasteiger partial charge < -0.3 is 10.1 Å². The fourth-order valence-corrected chi connectivity index (χ4v) is 3.76. The summed E-state index contributed by atoms with van der Waals surface area (Å²) in [5.74, 6) is -0.244. The summed E-state index contributed by atoms with van der Waals surface area (Å²) in [6.07, 6.45) is -4.59. The first-order chi connectivity index (χ1) is 14.6. The molecule has 3 aromatic rings. The Labute approximate surface area is 176 Å². The normalized spacial score (nSPS) is 11.6. The number of halogens is 3. The van der Waals surface area contributed by atoms with Gasteiger partial charge in [0.1, 0.15) is 5.75 Å². The summed E-state index contributed by atoms with van der Waals surface area (Å²) in [7, 11) is -2.49. The summed E-state index contributed by atoms with van der Waals surface area (Å²) < 4.78 is 71.3. The van der Waals surface area contributed by atoms with E-state index in [1.807, 2.05) is 0 Å². The molecule has 6 nitrogen and oxygen atoms in total. The SMILES string of the molecule is COc1ccc(NS(=O)(=O)c2cccc(NC(=O)c3cccc(C(F)(F)F)c3)c2)cc1. The summed E-state index contributed by atoms with van der Waals surface area (Å²) in [6, 6.07) is 15.5. The predicted octanol–water partition coefficient (Wildman–Crippen LogP) is 4.77. The number of nitrogens with one attached hydrogen (secondary N) is 2. The third-order valence-electron chi connectivity index (χ3n) is 4.20. The van der Waals surface area contributed by atoms with Crippen molar-refractivity contribution in [1.29, 1.82) is 0 Å². The van der Waals surface area contributed by atoms with Gasteiger partial charge in [-0.05, 0) is 60.7 Å². The minimum atomic E-state index is -4.59. The molecule has 3 rings (SSSR count). The van der Waals surface area contributed by atoms with Crippen molar-refractivity contribution in [2.75, 3.05) is 17.1 Å². The maximum atomic E-state index is 12.9. The number of benzene rings is 3. The number of alkyl halides is 3. The van der Waals surface area contributed by atoms with Crippen LogP contribution >= 0.6 is 0 Å². The molecular weight excluding hydrogens is 433 g/mol. The van der Waals surface area contributed by atoms with E-state index in [1.165, 1.54) is 49.6 Å². The Morgan fingerprint density at radius 1 is 0.903 bits per heavy atom. The lowest BCUT2D eigenvalue weighted by Gasteiger charge is -2.11. The van der Waals surface area contributed by atoms with Crippen LogP contribution in [0, 0.1) is 0 Å². The van der Waals surface area contributed by atoms with Crippen LogP contribution in [0.4, 0.5) is 24.5 Å². The molecule has 162 valence electrons. The zero-order chi connectivity index (χ0) is 22.6. The number of amides is 1. The largest absolute Gasteiger partial charge is 0.497 e. The zero-order valence-corrected chi connectivity index (χ0v) is 16.9. The number of carbonyl (C=O) groups is 1. The third kappa shape index (κ3) is 5.54. The number of anilines is 2. The monoisotopic (exact) mass is 450 g/mol. The second-order valence-corrected chi connectivity index (χ2v) is 8.08. The first-order valence-electron chi connectivity index (χ1n) is 8.84. The molecule has 0 bridgehead atoms. The molecular formula is C21H17F3N2O4S. The molecule has 0 aromatic heterocycles. The van der Waals surface area contributed by atoms with Crippen LogP contribution < -0.4 is 14.8 Å². The third-order valence-corrected chi connectivity index (χ3v) is 5.58. The van der Waals surface area contributed by atoms with Crippen molar-refractivity contribution >= 4 is 27.3 Å². The van der Waals surface area contributed by atoms with Crippen molar-refractivity contribution in [3.8, 4) is 5.75 Å². The van der Waals surface area contributed by atoms with Gasteiger partial charge in [0, 0.05) is 16.9 Å². The highest BCUT2D eigenvalue weighted by Gasteiger charge is 2.30. The topological polar surface area (TPSA) is 84.5 Å². The lowest BCUT2D eigenvalue weighted by Crippen LogP contribution is -2.16. The average molecular weight is 450 g/mol. The Kier molecular flexibility index (Phi) is 6.21. The molecule has 2 N–H and O–H groups in total. The predicted molar refractivity (Wildman–Crippen MR) is 110 cm³/mol. The van der Waals surface area contributed by atoms with Gasteiger partial charge in [-0.2, -0.15) is 13.2 Å². The zero-order valence-electron chi connectivity index (χ0n) is 16.1. The van der Waals surface area contributed by atoms with E-state index in [0.717, 1.165) is 18.2 Å². The Bertz CT molecular complexity index is 1190. The second-order valence-electron chi connectivity index (χ2n) is 6.39. The molecule has 0 aliphatic carbocycles. The van der Waals surface area contributed by atoms with Gasteiger partial charge in [-0.1, -0.05) is 12.1 Å². The average Bonchev–Trinajstić information content (AvgIpc) is 2.74. The highest BCUT2D eigenvalue weighted by Crippen LogP contribution is 2.30. The van der Waals surface area contributed by atoms with E-state index in [-0.39, 0.29) is 16.1 Å². The molecule has 0 aliphatic heterocycles. The lowest BCUT2D eigenvalue weighted by molar-refractivity contribution is -0.137. The van der Waals surface area contributed by atoms with Crippen molar-refractivity contribution in [1.82, 2.24) is 0 Å². The molecule has 0 atom stereocenters. The first kappa shape index (κ1) is 22.2. The molecule has 0 unspecified atom stereocenters. The van der Waals surface area contributed by atoms with Crippen LogP contribution in [0.5, 0.6) is 5.75 Å². The standard InChI is InChI=1S/C21H17F3N2O4S/c1-30-18-10-8-16(9-11-18)26-31(28,29)19-7-3-6-17(13-19)25-20(27)14-4-2-5-15(12-14)21(22,23)24/h2-13,26H,1H3,(H,25,27). The van der Waals surface area contributed by atoms with Gasteiger partial charge in [0.2, 0.25) is 0 Å². The minimum absolute atomic E-state index is 0.111. The highest BCUT2D eigenvalue weighted by atomic mass is 32.2. The minimum Gasteiger partial charge on any atom is -0.497 e. The van der Waals surface area contributed by atoms with Crippen LogP contribution in [0.2, 0.25) is 0 Å². The van der Waals surface area contributed by atoms with E-state index >= 15 is 0 Å². The summed E-state index contributed by atoms with van der Waals surface area (Å²) in [6.45, 7) is 0. The first-order valence-corrected chi connectivity index (χ1v) is 10.3. The molecule has 3 aromatic carbocycles. The fourth-order valence-electron chi connectivity index (χ4n) is 2.65. The van der Waals surface area contributed by atoms with Crippen LogP contribution in [0.25, 0.3) is 0 Å². The number of hydrogen-bond donors (Lipinski definition) is 2. The van der Waals surface area contributed by atoms with E-state index in [1.54, 1.807) is 12.1 Å². The van der Waals surface area contributed by atoms with Gasteiger partial charge in [-0.25, -0.2) is 8.42 Å². The van der Waals surface area contributed by atoms with Crippen LogP contribution in [-0.4, -0.2) is 21.4 Å². The molecule has 1 amide bonds. The van der Waals surface area contributed by atoms with Crippen molar-refractivity contribution in [2.24, 2.45) is 0 Å². The summed E-state index contributed by atoms with van der Waals surface area (Å²) in [5, 5.41) is 2.41. The maximum Gasteiger partial charge on any atom is 0.416 e. The molecule has 10 heteroatoms. The number of sulfonamides is 1. The van der Waals surface area contributed by atoms with E-state index in [9.17, 15) is 26.4 Å². The summed E-state index contributed by atoms with van der Waals surface area (Å²) >= 11 is 0. The Hall–Kier alpha value is -3.53. The Morgan fingerprint density at radius 2 is 1.58 bits per heavy atom. The van der Waals surface area contributed by atoms with Crippen molar-refractivity contribution in [3.63, 3.8) is 0 Å². The number of hydrogen-bond acceptors (Lipinski definition) is 4. The van der Waals surface area contributed by atoms with E-state index in [4.69, 9.17) is 4.74 Å². The van der Waals surface area contributed by atoms with Gasteiger partial charge in [0.25, 0.3) is 15.9 Å². The molecule has 0 heterocycles. The maximum absolute atomic E-state index is 12.9. The fraction of sp³-hybridized carbons (Fsp3) is 0.0952. The molecule has 0 saturated heterocycles. The van der Waals surface area contributed by atoms with Crippen LogP contribution in [0.15, 0.2) is 77.7 Å². The van der Waals surface area contributed by atoms with Gasteiger partial charge in [-0.3, -0.25) is 9.52 Å². The lowest BCUT2D eigenvalue weighted by atomic mass is 10.1. The molecule has 0 radical (unpaired) electrons. The molecule has 0 aliphatic rings. The van der Waals surface area contributed by atoms with E-state index in [0.29, 0.717) is 11.4 Å². The van der Waals surface area contributed by atoms with Crippen molar-refractivity contribution in [3.05, 3.63) is 83.9 Å². The smallest absolute Gasteiger partial charge is 0.416 e. The van der Waals surface area contributed by atoms with Gasteiger partial charge in [-0.15, -0.1) is 0 Å². The number of methoxy groups -OCH3 is 1. The number of ether oxygens (including phenoxy) is 1. The van der Waals surface area contributed by atoms with Crippen molar-refractivity contribution in [2.45, 2.75) is 11.1 Å². The molecule has 0 saturated carbocycles. The van der Waals surface area contributed by atoms with Crippen molar-refractivity contribution < 1.29 is 31.1 Å². The second kappa shape index (κ2) is 8.68. The Balaban J connectivity index is 1.78. The van der Waals surface area contributed by atoms with Gasteiger partial charge in [0.05, 0.1) is 17.6 Å². The molecule has 31 heavy (non-hydrogen) atoms. The van der Waals surface area contributed by atoms with E-state index < -0.39 is 27.7 Å². The van der Waals surface area contributed by atoms with Crippen LogP contribution in [-0.2, 0) is 16.2 Å². The molecule has 0 fully saturated rings. The number of carbonyl (C=O) groups excluding carboxylic acids is 1. The summed E-state index contributed by atoms with van der Waals surface area (Å²) in [4.78, 5) is 12.2. The Morgan fingerprint density at radius 3 is 2.23 bits per heavy atom. The van der Waals surface area contributed by atoms with E-state index in [2.05, 4.69) is 10.0 Å². The van der Waals surface area contributed by atoms with Crippen LogP contribution in [0.3, 0.4) is 0 Å². The van der Waals surface area contributed by atoms with Crippen LogP contribution in [0.1, 0.15) is 15.9 Å². The quantitative estimate of drug-likeness (QED) is 0.567.